The molecule has 2 rings (SSSR count). The summed E-state index contributed by atoms with van der Waals surface area (Å²) >= 11 is 0. The summed E-state index contributed by atoms with van der Waals surface area (Å²) in [6.45, 7) is 4.43. The van der Waals surface area contributed by atoms with E-state index in [4.69, 9.17) is 10.5 Å². The lowest BCUT2D eigenvalue weighted by Crippen LogP contribution is -2.40. The van der Waals surface area contributed by atoms with Crippen molar-refractivity contribution >= 4 is 11.6 Å². The van der Waals surface area contributed by atoms with Crippen LogP contribution >= 0.6 is 0 Å². The van der Waals surface area contributed by atoms with Gasteiger partial charge in [0.05, 0.1) is 23.5 Å². The molecule has 6 nitrogen and oxygen atoms in total. The van der Waals surface area contributed by atoms with Crippen molar-refractivity contribution in [2.75, 3.05) is 12.3 Å². The van der Waals surface area contributed by atoms with Gasteiger partial charge >= 0.3 is 0 Å². The van der Waals surface area contributed by atoms with E-state index in [0.717, 1.165) is 6.42 Å². The van der Waals surface area contributed by atoms with E-state index in [0.29, 0.717) is 23.7 Å². The minimum Gasteiger partial charge on any atom is -0.395 e. The number of amides is 1. The minimum absolute atomic E-state index is 0.0505. The smallest absolute Gasteiger partial charge is 0.272 e. The Hall–Kier alpha value is -1.56. The van der Waals surface area contributed by atoms with E-state index in [1.54, 1.807) is 14.0 Å². The molecule has 1 aliphatic rings. The summed E-state index contributed by atoms with van der Waals surface area (Å²) < 4.78 is 6.91. The Bertz CT molecular complexity index is 441. The van der Waals surface area contributed by atoms with E-state index in [-0.39, 0.29) is 18.1 Å². The molecule has 0 radical (unpaired) electrons. The van der Waals surface area contributed by atoms with Crippen molar-refractivity contribution in [2.24, 2.45) is 7.05 Å². The third kappa shape index (κ3) is 2.12. The van der Waals surface area contributed by atoms with E-state index < -0.39 is 0 Å². The van der Waals surface area contributed by atoms with Crippen molar-refractivity contribution in [3.63, 3.8) is 0 Å². The summed E-state index contributed by atoms with van der Waals surface area (Å²) in [6, 6.07) is 0.0529. The second-order valence-corrected chi connectivity index (χ2v) is 4.42. The Morgan fingerprint density at radius 3 is 2.82 bits per heavy atom. The topological polar surface area (TPSA) is 82.2 Å². The minimum atomic E-state index is -0.187. The average Bonchev–Trinajstić information content (AvgIpc) is 2.74. The van der Waals surface area contributed by atoms with Gasteiger partial charge in [-0.1, -0.05) is 0 Å². The molecular weight excluding hydrogens is 220 g/mol. The number of nitrogens with zero attached hydrogens (tertiary/aromatic N) is 2. The molecule has 1 amide bonds. The zero-order valence-electron chi connectivity index (χ0n) is 10.4. The first-order chi connectivity index (χ1) is 8.00. The Balaban J connectivity index is 2.14. The summed E-state index contributed by atoms with van der Waals surface area (Å²) in [4.78, 5) is 12.1. The number of nitrogen functional groups attached to an aromatic ring is 1. The molecule has 0 aliphatic carbocycles. The monoisotopic (exact) mass is 238 g/mol. The Morgan fingerprint density at radius 2 is 2.35 bits per heavy atom. The molecule has 6 heteroatoms. The molecule has 0 aromatic carbocycles. The van der Waals surface area contributed by atoms with E-state index >= 15 is 0 Å². The summed E-state index contributed by atoms with van der Waals surface area (Å²) in [5, 5.41) is 7.06. The van der Waals surface area contributed by atoms with Gasteiger partial charge in [0.15, 0.2) is 0 Å². The molecule has 1 saturated heterocycles. The highest BCUT2D eigenvalue weighted by atomic mass is 16.5. The molecule has 1 aliphatic heterocycles. The summed E-state index contributed by atoms with van der Waals surface area (Å²) in [5.74, 6) is -0.187. The van der Waals surface area contributed by atoms with Crippen LogP contribution < -0.4 is 11.1 Å². The van der Waals surface area contributed by atoms with Gasteiger partial charge in [0.25, 0.3) is 5.91 Å². The fourth-order valence-electron chi connectivity index (χ4n) is 2.10. The Morgan fingerprint density at radius 1 is 1.65 bits per heavy atom. The summed E-state index contributed by atoms with van der Waals surface area (Å²) in [7, 11) is 1.72. The molecule has 0 bridgehead atoms. The predicted octanol–water partition coefficient (Wildman–Crippen LogP) is 0.218. The van der Waals surface area contributed by atoms with Crippen LogP contribution in [0.25, 0.3) is 0 Å². The van der Waals surface area contributed by atoms with Crippen LogP contribution in [0.5, 0.6) is 0 Å². The SMILES string of the molecule is Cc1nn(C)c(C(=O)NC2CCOC2C)c1N. The molecule has 2 unspecified atom stereocenters. The molecule has 1 aromatic heterocycles. The summed E-state index contributed by atoms with van der Waals surface area (Å²) in [6.07, 6.45) is 0.887. The van der Waals surface area contributed by atoms with E-state index in [1.807, 2.05) is 6.92 Å². The normalized spacial score (nSPS) is 23.9. The highest BCUT2D eigenvalue weighted by Crippen LogP contribution is 2.17. The lowest BCUT2D eigenvalue weighted by Gasteiger charge is -2.16. The van der Waals surface area contributed by atoms with Crippen molar-refractivity contribution in [3.8, 4) is 0 Å². The zero-order chi connectivity index (χ0) is 12.6. The van der Waals surface area contributed by atoms with Crippen LogP contribution in [0.15, 0.2) is 0 Å². The molecule has 1 aromatic rings. The molecule has 0 saturated carbocycles. The lowest BCUT2D eigenvalue weighted by atomic mass is 10.1. The summed E-state index contributed by atoms with van der Waals surface area (Å²) in [5.41, 5.74) is 7.37. The van der Waals surface area contributed by atoms with Crippen molar-refractivity contribution in [2.45, 2.75) is 32.4 Å². The zero-order valence-corrected chi connectivity index (χ0v) is 10.4. The van der Waals surface area contributed by atoms with E-state index in [9.17, 15) is 4.79 Å². The number of nitrogens with two attached hydrogens (primary N) is 1. The number of aromatic nitrogens is 2. The van der Waals surface area contributed by atoms with Gasteiger partial charge in [0, 0.05) is 13.7 Å². The molecule has 2 atom stereocenters. The van der Waals surface area contributed by atoms with Gasteiger partial charge in [-0.25, -0.2) is 0 Å². The van der Waals surface area contributed by atoms with Crippen LogP contribution in [0.2, 0.25) is 0 Å². The number of rotatable bonds is 2. The maximum Gasteiger partial charge on any atom is 0.272 e. The number of anilines is 1. The third-order valence-corrected chi connectivity index (χ3v) is 3.18. The number of hydrogen-bond acceptors (Lipinski definition) is 4. The maximum atomic E-state index is 12.1. The highest BCUT2D eigenvalue weighted by Gasteiger charge is 2.28. The van der Waals surface area contributed by atoms with Crippen molar-refractivity contribution in [1.82, 2.24) is 15.1 Å². The molecule has 2 heterocycles. The van der Waals surface area contributed by atoms with Crippen LogP contribution in [-0.2, 0) is 11.8 Å². The fourth-order valence-corrected chi connectivity index (χ4v) is 2.10. The molecule has 1 fully saturated rings. The first-order valence-electron chi connectivity index (χ1n) is 5.72. The highest BCUT2D eigenvalue weighted by molar-refractivity contribution is 5.98. The number of carbonyl (C=O) groups is 1. The van der Waals surface area contributed by atoms with Crippen LogP contribution in [0, 0.1) is 6.92 Å². The molecule has 94 valence electrons. The molecular formula is C11H18N4O2. The van der Waals surface area contributed by atoms with E-state index in [1.165, 1.54) is 4.68 Å². The van der Waals surface area contributed by atoms with Crippen LogP contribution in [-0.4, -0.2) is 34.4 Å². The van der Waals surface area contributed by atoms with Crippen molar-refractivity contribution < 1.29 is 9.53 Å². The maximum absolute atomic E-state index is 12.1. The van der Waals surface area contributed by atoms with Gasteiger partial charge in [-0.15, -0.1) is 0 Å². The van der Waals surface area contributed by atoms with Crippen LogP contribution in [0.3, 0.4) is 0 Å². The Labute approximate surface area is 100 Å². The second kappa shape index (κ2) is 4.37. The molecule has 0 spiro atoms. The fraction of sp³-hybridized carbons (Fsp3) is 0.636. The van der Waals surface area contributed by atoms with Gasteiger partial charge in [-0.3, -0.25) is 9.48 Å². The third-order valence-electron chi connectivity index (χ3n) is 3.18. The van der Waals surface area contributed by atoms with E-state index in [2.05, 4.69) is 10.4 Å². The van der Waals surface area contributed by atoms with Crippen LogP contribution in [0.4, 0.5) is 5.69 Å². The number of hydrogen-bond donors (Lipinski definition) is 2. The van der Waals surface area contributed by atoms with Gasteiger partial charge in [-0.05, 0) is 20.3 Å². The number of aryl methyl sites for hydroxylation is 2. The second-order valence-electron chi connectivity index (χ2n) is 4.42. The average molecular weight is 238 g/mol. The first-order valence-corrected chi connectivity index (χ1v) is 5.72. The Kier molecular flexibility index (Phi) is 3.06. The first kappa shape index (κ1) is 11.9. The molecule has 17 heavy (non-hydrogen) atoms. The number of carbonyl (C=O) groups excluding carboxylic acids is 1. The van der Waals surface area contributed by atoms with Gasteiger partial charge in [0.1, 0.15) is 5.69 Å². The predicted molar refractivity (Wildman–Crippen MR) is 63.6 cm³/mol. The largest absolute Gasteiger partial charge is 0.395 e. The van der Waals surface area contributed by atoms with Gasteiger partial charge < -0.3 is 15.8 Å². The number of ether oxygens (including phenoxy) is 1. The lowest BCUT2D eigenvalue weighted by molar-refractivity contribution is 0.0859. The van der Waals surface area contributed by atoms with Gasteiger partial charge in [-0.2, -0.15) is 5.10 Å². The number of nitrogens with one attached hydrogen (secondary N) is 1. The van der Waals surface area contributed by atoms with Crippen molar-refractivity contribution in [1.29, 1.82) is 0 Å². The standard InChI is InChI=1S/C11H18N4O2/c1-6-9(12)10(15(3)14-6)11(16)13-8-4-5-17-7(8)2/h7-8H,4-5,12H2,1-3H3,(H,13,16). The van der Waals surface area contributed by atoms with Gasteiger partial charge in [0.2, 0.25) is 0 Å². The molecule has 3 N–H and O–H groups in total. The van der Waals surface area contributed by atoms with Crippen molar-refractivity contribution in [3.05, 3.63) is 11.4 Å². The van der Waals surface area contributed by atoms with Crippen LogP contribution in [0.1, 0.15) is 29.5 Å². The quantitative estimate of drug-likeness (QED) is 0.772.